The standard InChI is InChI=1S/C23H20F2N2O3/c1-13(15-8-7-14(24)9-18(15)25)26-12-23(28)27-19-11-21-17(10-22(19)29-2)16-5-3-4-6-20(16)30-21/h3-11,13,26H,12H2,1-2H3,(H,27,28)/t13-/m1/s1. The fraction of sp³-hybridized carbons (Fsp3) is 0.174. The summed E-state index contributed by atoms with van der Waals surface area (Å²) in [5.74, 6) is -1.14. The van der Waals surface area contributed by atoms with Gasteiger partial charge >= 0.3 is 0 Å². The van der Waals surface area contributed by atoms with Crippen LogP contribution in [0.25, 0.3) is 21.9 Å². The summed E-state index contributed by atoms with van der Waals surface area (Å²) in [4.78, 5) is 12.5. The zero-order valence-electron chi connectivity index (χ0n) is 16.5. The zero-order chi connectivity index (χ0) is 21.3. The molecule has 7 heteroatoms. The van der Waals surface area contributed by atoms with Gasteiger partial charge < -0.3 is 19.8 Å². The maximum atomic E-state index is 13.9. The number of nitrogens with one attached hydrogen (secondary N) is 2. The van der Waals surface area contributed by atoms with Crippen molar-refractivity contribution in [1.82, 2.24) is 5.32 Å². The summed E-state index contributed by atoms with van der Waals surface area (Å²) in [7, 11) is 1.52. The van der Waals surface area contributed by atoms with Gasteiger partial charge in [0.25, 0.3) is 0 Å². The molecule has 0 radical (unpaired) electrons. The SMILES string of the molecule is COc1cc2c(cc1NC(=O)CN[C@H](C)c1ccc(F)cc1F)oc1ccccc12. The fourth-order valence-electron chi connectivity index (χ4n) is 3.42. The van der Waals surface area contributed by atoms with Gasteiger partial charge in [-0.25, -0.2) is 8.78 Å². The first kappa shape index (κ1) is 19.8. The van der Waals surface area contributed by atoms with Crippen molar-refractivity contribution in [2.75, 3.05) is 19.0 Å². The van der Waals surface area contributed by atoms with Gasteiger partial charge in [0.1, 0.15) is 28.5 Å². The lowest BCUT2D eigenvalue weighted by molar-refractivity contribution is -0.115. The fourth-order valence-corrected chi connectivity index (χ4v) is 3.42. The highest BCUT2D eigenvalue weighted by molar-refractivity contribution is 6.07. The van der Waals surface area contributed by atoms with Crippen molar-refractivity contribution in [2.45, 2.75) is 13.0 Å². The quantitative estimate of drug-likeness (QED) is 0.461. The lowest BCUT2D eigenvalue weighted by Gasteiger charge is -2.16. The summed E-state index contributed by atoms with van der Waals surface area (Å²) in [6.07, 6.45) is 0. The van der Waals surface area contributed by atoms with Crippen LogP contribution in [-0.4, -0.2) is 19.6 Å². The zero-order valence-corrected chi connectivity index (χ0v) is 16.5. The van der Waals surface area contributed by atoms with Crippen LogP contribution in [0.15, 0.2) is 59.0 Å². The molecule has 1 amide bonds. The van der Waals surface area contributed by atoms with Crippen LogP contribution in [0, 0.1) is 11.6 Å². The summed E-state index contributed by atoms with van der Waals surface area (Å²) < 4.78 is 38.3. The smallest absolute Gasteiger partial charge is 0.238 e. The lowest BCUT2D eigenvalue weighted by atomic mass is 10.1. The number of para-hydroxylation sites is 1. The number of methoxy groups -OCH3 is 1. The molecule has 0 aliphatic heterocycles. The minimum absolute atomic E-state index is 0.0701. The summed E-state index contributed by atoms with van der Waals surface area (Å²) in [5, 5.41) is 7.57. The second kappa shape index (κ2) is 8.12. The van der Waals surface area contributed by atoms with Crippen molar-refractivity contribution in [1.29, 1.82) is 0 Å². The molecule has 0 saturated carbocycles. The van der Waals surface area contributed by atoms with Crippen molar-refractivity contribution >= 4 is 33.5 Å². The third-order valence-corrected chi connectivity index (χ3v) is 4.97. The molecular formula is C23H20F2N2O3. The normalized spacial score (nSPS) is 12.3. The number of halogens is 2. The van der Waals surface area contributed by atoms with Crippen molar-refractivity contribution in [3.05, 3.63) is 71.8 Å². The molecule has 4 aromatic rings. The predicted octanol–water partition coefficient (Wildman–Crippen LogP) is 5.16. The maximum absolute atomic E-state index is 13.9. The molecule has 0 aliphatic carbocycles. The van der Waals surface area contributed by atoms with E-state index in [9.17, 15) is 13.6 Å². The van der Waals surface area contributed by atoms with Gasteiger partial charge in [-0.2, -0.15) is 0 Å². The molecule has 2 N–H and O–H groups in total. The van der Waals surface area contributed by atoms with E-state index < -0.39 is 17.7 Å². The highest BCUT2D eigenvalue weighted by Gasteiger charge is 2.16. The molecule has 30 heavy (non-hydrogen) atoms. The van der Waals surface area contributed by atoms with E-state index >= 15 is 0 Å². The number of amides is 1. The monoisotopic (exact) mass is 410 g/mol. The number of hydrogen-bond donors (Lipinski definition) is 2. The maximum Gasteiger partial charge on any atom is 0.238 e. The number of anilines is 1. The Morgan fingerprint density at radius 2 is 1.87 bits per heavy atom. The van der Waals surface area contributed by atoms with Crippen LogP contribution < -0.4 is 15.4 Å². The van der Waals surface area contributed by atoms with Crippen molar-refractivity contribution in [2.24, 2.45) is 0 Å². The molecule has 0 fully saturated rings. The van der Waals surface area contributed by atoms with E-state index in [1.807, 2.05) is 30.3 Å². The van der Waals surface area contributed by atoms with Gasteiger partial charge in [-0.3, -0.25) is 4.79 Å². The first-order valence-electron chi connectivity index (χ1n) is 9.43. The van der Waals surface area contributed by atoms with Gasteiger partial charge in [-0.05, 0) is 25.1 Å². The van der Waals surface area contributed by atoms with Gasteiger partial charge in [0.2, 0.25) is 5.91 Å². The topological polar surface area (TPSA) is 63.5 Å². The molecule has 4 rings (SSSR count). The number of benzene rings is 3. The Morgan fingerprint density at radius 3 is 2.63 bits per heavy atom. The van der Waals surface area contributed by atoms with Crippen LogP contribution in [0.4, 0.5) is 14.5 Å². The summed E-state index contributed by atoms with van der Waals surface area (Å²) >= 11 is 0. The lowest BCUT2D eigenvalue weighted by Crippen LogP contribution is -2.30. The highest BCUT2D eigenvalue weighted by Crippen LogP contribution is 2.36. The van der Waals surface area contributed by atoms with E-state index in [1.54, 1.807) is 13.0 Å². The molecule has 1 aromatic heterocycles. The van der Waals surface area contributed by atoms with Crippen LogP contribution in [-0.2, 0) is 4.79 Å². The Morgan fingerprint density at radius 1 is 1.07 bits per heavy atom. The molecule has 0 saturated heterocycles. The highest BCUT2D eigenvalue weighted by atomic mass is 19.1. The predicted molar refractivity (Wildman–Crippen MR) is 112 cm³/mol. The average Bonchev–Trinajstić information content (AvgIpc) is 3.08. The van der Waals surface area contributed by atoms with Gasteiger partial charge in [0.05, 0.1) is 19.3 Å². The first-order valence-corrected chi connectivity index (χ1v) is 9.43. The molecule has 1 atom stereocenters. The number of carbonyl (C=O) groups excluding carboxylic acids is 1. The molecular weight excluding hydrogens is 390 g/mol. The molecule has 154 valence electrons. The number of rotatable bonds is 6. The van der Waals surface area contributed by atoms with Crippen LogP contribution in [0.5, 0.6) is 5.75 Å². The third-order valence-electron chi connectivity index (χ3n) is 4.97. The number of carbonyl (C=O) groups is 1. The van der Waals surface area contributed by atoms with E-state index in [0.717, 1.165) is 22.4 Å². The molecule has 0 spiro atoms. The Bertz CT molecular complexity index is 1240. The van der Waals surface area contributed by atoms with E-state index in [-0.39, 0.29) is 18.0 Å². The van der Waals surface area contributed by atoms with Gasteiger partial charge in [-0.15, -0.1) is 0 Å². The van der Waals surface area contributed by atoms with Gasteiger partial charge in [0.15, 0.2) is 0 Å². The molecule has 3 aromatic carbocycles. The number of hydrogen-bond acceptors (Lipinski definition) is 4. The molecule has 1 heterocycles. The Hall–Kier alpha value is -3.45. The molecule has 0 unspecified atom stereocenters. The van der Waals surface area contributed by atoms with E-state index in [1.165, 1.54) is 19.2 Å². The van der Waals surface area contributed by atoms with Crippen LogP contribution >= 0.6 is 0 Å². The molecule has 5 nitrogen and oxygen atoms in total. The van der Waals surface area contributed by atoms with Gasteiger partial charge in [-0.1, -0.05) is 24.3 Å². The Balaban J connectivity index is 1.50. The van der Waals surface area contributed by atoms with E-state index in [0.29, 0.717) is 17.0 Å². The third kappa shape index (κ3) is 3.84. The first-order chi connectivity index (χ1) is 14.5. The number of fused-ring (bicyclic) bond motifs is 3. The minimum Gasteiger partial charge on any atom is -0.495 e. The Labute approximate surface area is 171 Å². The van der Waals surface area contributed by atoms with Crippen molar-refractivity contribution in [3.8, 4) is 5.75 Å². The van der Waals surface area contributed by atoms with E-state index in [2.05, 4.69) is 10.6 Å². The molecule has 0 bridgehead atoms. The summed E-state index contributed by atoms with van der Waals surface area (Å²) in [6.45, 7) is 1.63. The minimum atomic E-state index is -0.660. The largest absolute Gasteiger partial charge is 0.495 e. The van der Waals surface area contributed by atoms with Crippen molar-refractivity contribution in [3.63, 3.8) is 0 Å². The average molecular weight is 410 g/mol. The van der Waals surface area contributed by atoms with Crippen molar-refractivity contribution < 1.29 is 22.7 Å². The second-order valence-corrected chi connectivity index (χ2v) is 6.96. The summed E-state index contributed by atoms with van der Waals surface area (Å²) in [6, 6.07) is 14.1. The Kier molecular flexibility index (Phi) is 5.37. The van der Waals surface area contributed by atoms with Crippen LogP contribution in [0.2, 0.25) is 0 Å². The van der Waals surface area contributed by atoms with Gasteiger partial charge in [0, 0.05) is 34.5 Å². The van der Waals surface area contributed by atoms with Crippen LogP contribution in [0.1, 0.15) is 18.5 Å². The molecule has 0 aliphatic rings. The second-order valence-electron chi connectivity index (χ2n) is 6.96. The number of furan rings is 1. The van der Waals surface area contributed by atoms with E-state index in [4.69, 9.17) is 9.15 Å². The summed E-state index contributed by atoms with van der Waals surface area (Å²) in [5.41, 5.74) is 2.12. The number of ether oxygens (including phenoxy) is 1. The van der Waals surface area contributed by atoms with Crippen LogP contribution in [0.3, 0.4) is 0 Å².